The van der Waals surface area contributed by atoms with E-state index in [9.17, 15) is 9.59 Å². The minimum Gasteiger partial charge on any atom is -0.480 e. The van der Waals surface area contributed by atoms with Crippen molar-refractivity contribution in [1.82, 2.24) is 5.32 Å². The van der Waals surface area contributed by atoms with E-state index in [0.29, 0.717) is 17.7 Å². The molecule has 0 aliphatic rings. The summed E-state index contributed by atoms with van der Waals surface area (Å²) in [6.07, 6.45) is 0.292. The van der Waals surface area contributed by atoms with E-state index in [2.05, 4.69) is 33.9 Å². The summed E-state index contributed by atoms with van der Waals surface area (Å²) in [5.74, 6) is -1.05. The lowest BCUT2D eigenvalue weighted by Gasteiger charge is -2.13. The molecule has 1 aromatic rings. The number of aliphatic carboxylic acids is 1. The van der Waals surface area contributed by atoms with Crippen LogP contribution in [-0.2, 0) is 4.79 Å². The van der Waals surface area contributed by atoms with Crippen LogP contribution >= 0.6 is 28.6 Å². The molecule has 1 unspecified atom stereocenters. The van der Waals surface area contributed by atoms with Crippen molar-refractivity contribution in [3.8, 4) is 0 Å². The van der Waals surface area contributed by atoms with E-state index >= 15 is 0 Å². The molecule has 1 rings (SSSR count). The molecule has 0 aromatic heterocycles. The molecular weight excluding hydrogens is 306 g/mol. The van der Waals surface area contributed by atoms with Gasteiger partial charge in [-0.25, -0.2) is 4.79 Å². The maximum Gasteiger partial charge on any atom is 0.326 e. The topological polar surface area (TPSA) is 66.4 Å². The first-order chi connectivity index (χ1) is 8.04. The third-order valence-electron chi connectivity index (χ3n) is 2.13. The molecule has 0 bridgehead atoms. The summed E-state index contributed by atoms with van der Waals surface area (Å²) in [6, 6.07) is 5.80. The molecule has 0 saturated heterocycles. The van der Waals surface area contributed by atoms with Gasteiger partial charge in [-0.2, -0.15) is 12.6 Å². The first-order valence-electron chi connectivity index (χ1n) is 4.94. The van der Waals surface area contributed by atoms with Gasteiger partial charge in [-0.05, 0) is 36.4 Å². The third kappa shape index (κ3) is 4.40. The number of halogens is 1. The highest BCUT2D eigenvalue weighted by molar-refractivity contribution is 9.10. The van der Waals surface area contributed by atoms with Gasteiger partial charge in [0.2, 0.25) is 0 Å². The first kappa shape index (κ1) is 14.1. The van der Waals surface area contributed by atoms with Crippen LogP contribution in [0.4, 0.5) is 0 Å². The number of carbonyl (C=O) groups excluding carboxylic acids is 1. The number of carboxylic acids is 1. The molecule has 4 nitrogen and oxygen atoms in total. The lowest BCUT2D eigenvalue weighted by atomic mass is 10.1. The van der Waals surface area contributed by atoms with Crippen LogP contribution in [0.3, 0.4) is 0 Å². The second-order valence-corrected chi connectivity index (χ2v) is 4.75. The van der Waals surface area contributed by atoms with E-state index in [1.807, 2.05) is 0 Å². The van der Waals surface area contributed by atoms with Crippen molar-refractivity contribution in [2.45, 2.75) is 12.5 Å². The SMILES string of the molecule is O=C(NC(CCS)C(=O)O)c1ccc(Br)cc1. The smallest absolute Gasteiger partial charge is 0.326 e. The molecule has 2 N–H and O–H groups in total. The van der Waals surface area contributed by atoms with Gasteiger partial charge in [-0.3, -0.25) is 4.79 Å². The molecule has 1 amide bonds. The zero-order valence-electron chi connectivity index (χ0n) is 8.89. The minimum absolute atomic E-state index is 0.292. The van der Waals surface area contributed by atoms with E-state index in [1.165, 1.54) is 0 Å². The molecule has 6 heteroatoms. The van der Waals surface area contributed by atoms with Crippen molar-refractivity contribution in [3.63, 3.8) is 0 Å². The van der Waals surface area contributed by atoms with Crippen molar-refractivity contribution >= 4 is 40.4 Å². The number of carboxylic acid groups (broad SMARTS) is 1. The Hall–Kier alpha value is -1.01. The zero-order valence-corrected chi connectivity index (χ0v) is 11.4. The number of amides is 1. The van der Waals surface area contributed by atoms with Gasteiger partial charge in [0, 0.05) is 10.0 Å². The van der Waals surface area contributed by atoms with Gasteiger partial charge in [0.05, 0.1) is 0 Å². The molecule has 1 aromatic carbocycles. The second kappa shape index (κ2) is 6.66. The number of hydrogen-bond donors (Lipinski definition) is 3. The van der Waals surface area contributed by atoms with E-state index in [-0.39, 0.29) is 0 Å². The van der Waals surface area contributed by atoms with Crippen LogP contribution in [-0.4, -0.2) is 28.8 Å². The molecule has 0 heterocycles. The average molecular weight is 318 g/mol. The Kier molecular flexibility index (Phi) is 5.50. The average Bonchev–Trinajstić information content (AvgIpc) is 2.29. The molecule has 0 radical (unpaired) electrons. The van der Waals surface area contributed by atoms with Crippen LogP contribution in [0.2, 0.25) is 0 Å². The first-order valence-corrected chi connectivity index (χ1v) is 6.37. The maximum absolute atomic E-state index is 11.7. The van der Waals surface area contributed by atoms with E-state index in [4.69, 9.17) is 5.11 Å². The summed E-state index contributed by atoms with van der Waals surface area (Å²) in [6.45, 7) is 0. The summed E-state index contributed by atoms with van der Waals surface area (Å²) in [7, 11) is 0. The highest BCUT2D eigenvalue weighted by Crippen LogP contribution is 2.10. The Labute approximate surface area is 113 Å². The van der Waals surface area contributed by atoms with E-state index < -0.39 is 17.9 Å². The van der Waals surface area contributed by atoms with Crippen molar-refractivity contribution < 1.29 is 14.7 Å². The van der Waals surface area contributed by atoms with Crippen LogP contribution in [0.5, 0.6) is 0 Å². The van der Waals surface area contributed by atoms with Gasteiger partial charge in [0.15, 0.2) is 0 Å². The van der Waals surface area contributed by atoms with Gasteiger partial charge < -0.3 is 10.4 Å². The summed E-state index contributed by atoms with van der Waals surface area (Å²) < 4.78 is 0.860. The van der Waals surface area contributed by atoms with Crippen LogP contribution in [0, 0.1) is 0 Å². The van der Waals surface area contributed by atoms with Crippen LogP contribution in [0.1, 0.15) is 16.8 Å². The summed E-state index contributed by atoms with van der Waals surface area (Å²) >= 11 is 7.21. The number of benzene rings is 1. The molecule has 0 aliphatic heterocycles. The van der Waals surface area contributed by atoms with Crippen LogP contribution in [0.15, 0.2) is 28.7 Å². The predicted molar refractivity (Wildman–Crippen MR) is 71.5 cm³/mol. The largest absolute Gasteiger partial charge is 0.480 e. The maximum atomic E-state index is 11.7. The standard InChI is InChI=1S/C11H12BrNO3S/c12-8-3-1-7(2-4-8)10(14)13-9(5-6-17)11(15)16/h1-4,9,17H,5-6H2,(H,13,14)(H,15,16). The van der Waals surface area contributed by atoms with Gasteiger partial charge in [-0.1, -0.05) is 15.9 Å². The van der Waals surface area contributed by atoms with Gasteiger partial charge in [-0.15, -0.1) is 0 Å². The number of rotatable bonds is 5. The Balaban J connectivity index is 2.70. The summed E-state index contributed by atoms with van der Waals surface area (Å²) in [5, 5.41) is 11.3. The molecule has 0 aliphatic carbocycles. The molecule has 0 saturated carbocycles. The second-order valence-electron chi connectivity index (χ2n) is 3.38. The number of thiol groups is 1. The van der Waals surface area contributed by atoms with Crippen molar-refractivity contribution in [2.75, 3.05) is 5.75 Å². The lowest BCUT2D eigenvalue weighted by molar-refractivity contribution is -0.139. The highest BCUT2D eigenvalue weighted by Gasteiger charge is 2.19. The van der Waals surface area contributed by atoms with Gasteiger partial charge in [0.1, 0.15) is 6.04 Å². The number of nitrogens with one attached hydrogen (secondary N) is 1. The fourth-order valence-electron chi connectivity index (χ4n) is 1.23. The quantitative estimate of drug-likeness (QED) is 0.727. The summed E-state index contributed by atoms with van der Waals surface area (Å²) in [4.78, 5) is 22.6. The Morgan fingerprint density at radius 3 is 2.41 bits per heavy atom. The molecule has 1 atom stereocenters. The molecular formula is C11H12BrNO3S. The van der Waals surface area contributed by atoms with Gasteiger partial charge in [0.25, 0.3) is 5.91 Å². The number of carbonyl (C=O) groups is 2. The third-order valence-corrected chi connectivity index (χ3v) is 2.91. The van der Waals surface area contributed by atoms with Crippen LogP contribution < -0.4 is 5.32 Å². The normalized spacial score (nSPS) is 11.9. The van der Waals surface area contributed by atoms with Crippen molar-refractivity contribution in [1.29, 1.82) is 0 Å². The molecule has 17 heavy (non-hydrogen) atoms. The fourth-order valence-corrected chi connectivity index (χ4v) is 1.75. The monoisotopic (exact) mass is 317 g/mol. The van der Waals surface area contributed by atoms with Crippen LogP contribution in [0.25, 0.3) is 0 Å². The Morgan fingerprint density at radius 1 is 1.35 bits per heavy atom. The Morgan fingerprint density at radius 2 is 1.94 bits per heavy atom. The van der Waals surface area contributed by atoms with E-state index in [0.717, 1.165) is 4.47 Å². The number of hydrogen-bond acceptors (Lipinski definition) is 3. The molecule has 92 valence electrons. The molecule has 0 spiro atoms. The van der Waals surface area contributed by atoms with Crippen molar-refractivity contribution in [2.24, 2.45) is 0 Å². The fraction of sp³-hybridized carbons (Fsp3) is 0.273. The van der Waals surface area contributed by atoms with Crippen molar-refractivity contribution in [3.05, 3.63) is 34.3 Å². The highest BCUT2D eigenvalue weighted by atomic mass is 79.9. The van der Waals surface area contributed by atoms with Gasteiger partial charge >= 0.3 is 5.97 Å². The molecule has 0 fully saturated rings. The Bertz CT molecular complexity index is 408. The summed E-state index contributed by atoms with van der Waals surface area (Å²) in [5.41, 5.74) is 0.429. The minimum atomic E-state index is -1.05. The predicted octanol–water partition coefficient (Wildman–Crippen LogP) is 1.95. The lowest BCUT2D eigenvalue weighted by Crippen LogP contribution is -2.41. The zero-order chi connectivity index (χ0) is 12.8. The van der Waals surface area contributed by atoms with E-state index in [1.54, 1.807) is 24.3 Å².